The van der Waals surface area contributed by atoms with Crippen LogP contribution in [0.25, 0.3) is 11.1 Å². The molecule has 5 heteroatoms. The van der Waals surface area contributed by atoms with Gasteiger partial charge in [-0.3, -0.25) is 15.0 Å². The number of nitrogens with zero attached hydrogens (tertiary/aromatic N) is 1. The van der Waals surface area contributed by atoms with E-state index in [0.29, 0.717) is 6.04 Å². The van der Waals surface area contributed by atoms with E-state index in [0.717, 1.165) is 36.2 Å². The number of nitrogens with one attached hydrogen (secondary N) is 2. The second-order valence-corrected chi connectivity index (χ2v) is 7.89. The monoisotopic (exact) mass is 397 g/mol. The first-order valence-corrected chi connectivity index (χ1v) is 10.3. The summed E-state index contributed by atoms with van der Waals surface area (Å²) in [5.74, 6) is -0.271. The number of urea groups is 1. The van der Waals surface area contributed by atoms with Crippen LogP contribution in [0.5, 0.6) is 0 Å². The summed E-state index contributed by atoms with van der Waals surface area (Å²) in [6.45, 7) is 0.892. The average molecular weight is 397 g/mol. The maximum Gasteiger partial charge on any atom is 0.329 e. The normalized spacial score (nSPS) is 20.1. The Labute approximate surface area is 175 Å². The number of carbonyl (C=O) groups excluding carboxylic acids is 2. The molecule has 150 valence electrons. The van der Waals surface area contributed by atoms with Crippen LogP contribution in [0, 0.1) is 0 Å². The molecule has 30 heavy (non-hydrogen) atoms. The molecule has 5 rings (SSSR count). The Kier molecular flexibility index (Phi) is 4.81. The number of hydrogen-bond acceptors (Lipinski definition) is 3. The number of rotatable bonds is 5. The number of amides is 3. The van der Waals surface area contributed by atoms with Crippen molar-refractivity contribution in [2.24, 2.45) is 0 Å². The van der Waals surface area contributed by atoms with Crippen LogP contribution < -0.4 is 15.5 Å². The number of anilines is 1. The third-order valence-corrected chi connectivity index (χ3v) is 5.83. The van der Waals surface area contributed by atoms with Crippen molar-refractivity contribution in [3.63, 3.8) is 0 Å². The number of allylic oxidation sites excluding steroid dienone is 4. The predicted molar refractivity (Wildman–Crippen MR) is 118 cm³/mol. The first-order valence-electron chi connectivity index (χ1n) is 10.3. The van der Waals surface area contributed by atoms with Crippen LogP contribution in [0.1, 0.15) is 18.4 Å². The second-order valence-electron chi connectivity index (χ2n) is 7.89. The first kappa shape index (κ1) is 18.6. The van der Waals surface area contributed by atoms with E-state index < -0.39 is 0 Å². The van der Waals surface area contributed by atoms with Crippen LogP contribution in [0.3, 0.4) is 0 Å². The SMILES string of the molecule is O=C1CN(c2cccc(-c3ccc(CNC4C=C5CC=CC=C5C4)cc3)c2)C(=O)N1. The maximum atomic E-state index is 11.9. The summed E-state index contributed by atoms with van der Waals surface area (Å²) in [6, 6.07) is 16.2. The van der Waals surface area contributed by atoms with E-state index in [2.05, 4.69) is 59.2 Å². The molecule has 0 radical (unpaired) electrons. The lowest BCUT2D eigenvalue weighted by Gasteiger charge is -2.15. The number of fused-ring (bicyclic) bond motifs is 1. The zero-order valence-electron chi connectivity index (χ0n) is 16.6. The van der Waals surface area contributed by atoms with Gasteiger partial charge in [0.1, 0.15) is 6.54 Å². The van der Waals surface area contributed by atoms with Crippen LogP contribution in [0.2, 0.25) is 0 Å². The highest BCUT2D eigenvalue weighted by Crippen LogP contribution is 2.31. The van der Waals surface area contributed by atoms with Gasteiger partial charge in [-0.1, -0.05) is 60.7 Å². The molecule has 0 bridgehead atoms. The van der Waals surface area contributed by atoms with Crippen LogP contribution in [0.15, 0.2) is 84.0 Å². The molecule has 2 aromatic rings. The maximum absolute atomic E-state index is 11.9. The highest BCUT2D eigenvalue weighted by atomic mass is 16.2. The number of hydrogen-bond donors (Lipinski definition) is 2. The van der Waals surface area contributed by atoms with E-state index in [1.807, 2.05) is 24.3 Å². The molecule has 0 saturated carbocycles. The highest BCUT2D eigenvalue weighted by Gasteiger charge is 2.28. The molecule has 2 aromatic carbocycles. The molecule has 1 aliphatic heterocycles. The van der Waals surface area contributed by atoms with Gasteiger partial charge in [-0.05, 0) is 52.8 Å². The molecule has 1 unspecified atom stereocenters. The summed E-state index contributed by atoms with van der Waals surface area (Å²) in [5.41, 5.74) is 6.97. The van der Waals surface area contributed by atoms with Gasteiger partial charge in [0, 0.05) is 18.3 Å². The molecule has 5 nitrogen and oxygen atoms in total. The summed E-state index contributed by atoms with van der Waals surface area (Å²) >= 11 is 0. The molecule has 1 heterocycles. The van der Waals surface area contributed by atoms with Crippen molar-refractivity contribution in [2.45, 2.75) is 25.4 Å². The van der Waals surface area contributed by atoms with Crippen LogP contribution in [0.4, 0.5) is 10.5 Å². The van der Waals surface area contributed by atoms with Crippen molar-refractivity contribution in [3.8, 4) is 11.1 Å². The molecule has 1 atom stereocenters. The zero-order valence-corrected chi connectivity index (χ0v) is 16.6. The molecule has 2 N–H and O–H groups in total. The van der Waals surface area contributed by atoms with E-state index >= 15 is 0 Å². The van der Waals surface area contributed by atoms with Crippen LogP contribution in [-0.4, -0.2) is 24.5 Å². The Morgan fingerprint density at radius 2 is 1.90 bits per heavy atom. The Morgan fingerprint density at radius 3 is 2.67 bits per heavy atom. The number of benzene rings is 2. The lowest BCUT2D eigenvalue weighted by molar-refractivity contribution is -0.117. The lowest BCUT2D eigenvalue weighted by atomic mass is 10.0. The van der Waals surface area contributed by atoms with Gasteiger partial charge in [-0.15, -0.1) is 0 Å². The van der Waals surface area contributed by atoms with Crippen molar-refractivity contribution in [2.75, 3.05) is 11.4 Å². The van der Waals surface area contributed by atoms with Gasteiger partial charge < -0.3 is 5.32 Å². The van der Waals surface area contributed by atoms with Crippen LogP contribution >= 0.6 is 0 Å². The van der Waals surface area contributed by atoms with Gasteiger partial charge in [0.2, 0.25) is 5.91 Å². The average Bonchev–Trinajstić information content (AvgIpc) is 3.34. The molecular weight excluding hydrogens is 374 g/mol. The molecule has 0 spiro atoms. The van der Waals surface area contributed by atoms with Gasteiger partial charge in [-0.25, -0.2) is 4.79 Å². The summed E-state index contributed by atoms with van der Waals surface area (Å²) in [6.07, 6.45) is 11.1. The van der Waals surface area contributed by atoms with Crippen molar-refractivity contribution in [1.82, 2.24) is 10.6 Å². The van der Waals surface area contributed by atoms with E-state index in [1.165, 1.54) is 21.6 Å². The Hall–Kier alpha value is -3.44. The van der Waals surface area contributed by atoms with E-state index in [1.54, 1.807) is 0 Å². The topological polar surface area (TPSA) is 61.4 Å². The summed E-state index contributed by atoms with van der Waals surface area (Å²) < 4.78 is 0. The molecular formula is C25H23N3O2. The molecule has 2 aliphatic carbocycles. The first-order chi connectivity index (χ1) is 14.7. The van der Waals surface area contributed by atoms with E-state index in [-0.39, 0.29) is 18.5 Å². The minimum absolute atomic E-state index is 0.0667. The van der Waals surface area contributed by atoms with Gasteiger partial charge in [0.15, 0.2) is 0 Å². The Morgan fingerprint density at radius 1 is 1.03 bits per heavy atom. The molecule has 1 saturated heterocycles. The minimum Gasteiger partial charge on any atom is -0.306 e. The van der Waals surface area contributed by atoms with Crippen molar-refractivity contribution < 1.29 is 9.59 Å². The number of imide groups is 1. The largest absolute Gasteiger partial charge is 0.329 e. The summed E-state index contributed by atoms with van der Waals surface area (Å²) in [4.78, 5) is 24.8. The molecule has 0 aromatic heterocycles. The zero-order chi connectivity index (χ0) is 20.5. The lowest BCUT2D eigenvalue weighted by Crippen LogP contribution is -2.27. The van der Waals surface area contributed by atoms with E-state index in [9.17, 15) is 9.59 Å². The standard InChI is InChI=1S/C25H23N3O2/c29-24-16-28(25(30)27-24)23-7-3-6-21(14-23)18-10-8-17(9-11-18)15-26-22-12-19-4-1-2-5-20(19)13-22/h1-4,6-11,13-14,22,26H,5,12,15-16H2,(H,27,29,30). The fourth-order valence-electron chi connectivity index (χ4n) is 4.23. The third-order valence-electron chi connectivity index (χ3n) is 5.83. The Balaban J connectivity index is 1.24. The fourth-order valence-corrected chi connectivity index (χ4v) is 4.23. The predicted octanol–water partition coefficient (Wildman–Crippen LogP) is 4.08. The number of carbonyl (C=O) groups is 2. The molecule has 3 aliphatic rings. The van der Waals surface area contributed by atoms with Gasteiger partial charge in [-0.2, -0.15) is 0 Å². The van der Waals surface area contributed by atoms with E-state index in [4.69, 9.17) is 0 Å². The van der Waals surface area contributed by atoms with Crippen LogP contribution in [-0.2, 0) is 11.3 Å². The van der Waals surface area contributed by atoms with Crippen molar-refractivity contribution >= 4 is 17.6 Å². The summed E-state index contributed by atoms with van der Waals surface area (Å²) in [5, 5.41) is 5.96. The fraction of sp³-hybridized carbons (Fsp3) is 0.200. The van der Waals surface area contributed by atoms with Gasteiger partial charge in [0.05, 0.1) is 0 Å². The minimum atomic E-state index is -0.369. The van der Waals surface area contributed by atoms with Crippen molar-refractivity contribution in [3.05, 3.63) is 89.5 Å². The van der Waals surface area contributed by atoms with Gasteiger partial charge >= 0.3 is 6.03 Å². The Bertz CT molecular complexity index is 1100. The molecule has 1 fully saturated rings. The summed E-state index contributed by atoms with van der Waals surface area (Å²) in [7, 11) is 0. The quantitative estimate of drug-likeness (QED) is 0.748. The molecule has 3 amide bonds. The smallest absolute Gasteiger partial charge is 0.306 e. The van der Waals surface area contributed by atoms with Gasteiger partial charge in [0.25, 0.3) is 0 Å². The van der Waals surface area contributed by atoms with Crippen molar-refractivity contribution in [1.29, 1.82) is 0 Å². The second kappa shape index (κ2) is 7.76. The third kappa shape index (κ3) is 3.72. The highest BCUT2D eigenvalue weighted by molar-refractivity contribution is 6.12.